The zero-order valence-electron chi connectivity index (χ0n) is 13.6. The van der Waals surface area contributed by atoms with E-state index >= 15 is 0 Å². The summed E-state index contributed by atoms with van der Waals surface area (Å²) in [6.07, 6.45) is 3.24. The minimum atomic E-state index is -0.318. The molecule has 0 aliphatic carbocycles. The highest BCUT2D eigenvalue weighted by atomic mass is 35.5. The lowest BCUT2D eigenvalue weighted by molar-refractivity contribution is -0.131. The van der Waals surface area contributed by atoms with E-state index in [2.05, 4.69) is 24.0 Å². The average molecular weight is 320 g/mol. The Kier molecular flexibility index (Phi) is 5.41. The topological polar surface area (TPSA) is 39.2 Å². The number of nitrogens with zero attached hydrogens (tertiary/aromatic N) is 1. The van der Waals surface area contributed by atoms with Crippen molar-refractivity contribution in [2.75, 3.05) is 0 Å². The Bertz CT molecular complexity index is 710. The van der Waals surface area contributed by atoms with Gasteiger partial charge in [-0.1, -0.05) is 19.4 Å². The normalized spacial score (nSPS) is 11.0. The van der Waals surface area contributed by atoms with Crippen LogP contribution in [-0.4, -0.2) is 11.0 Å². The number of carbonyl (C=O) groups is 1. The summed E-state index contributed by atoms with van der Waals surface area (Å²) in [5, 5.41) is 0.877. The van der Waals surface area contributed by atoms with Crippen LogP contribution in [0.3, 0.4) is 0 Å². The fourth-order valence-electron chi connectivity index (χ4n) is 2.59. The van der Waals surface area contributed by atoms with Crippen LogP contribution in [0.2, 0.25) is 0 Å². The Labute approximate surface area is 136 Å². The smallest absolute Gasteiger partial charge is 0.308 e. The molecule has 0 N–H and O–H groups in total. The lowest BCUT2D eigenvalue weighted by atomic mass is 9.99. The van der Waals surface area contributed by atoms with Crippen LogP contribution < -0.4 is 4.74 Å². The molecule has 1 aromatic carbocycles. The van der Waals surface area contributed by atoms with Gasteiger partial charge < -0.3 is 4.74 Å². The molecule has 0 radical (unpaired) electrons. The number of ether oxygens (including phenoxy) is 1. The summed E-state index contributed by atoms with van der Waals surface area (Å²) >= 11 is 6.11. The van der Waals surface area contributed by atoms with Crippen molar-refractivity contribution in [1.82, 2.24) is 4.98 Å². The predicted molar refractivity (Wildman–Crippen MR) is 90.7 cm³/mol. The highest BCUT2D eigenvalue weighted by Gasteiger charge is 2.16. The number of hydrogen-bond donors (Lipinski definition) is 0. The van der Waals surface area contributed by atoms with Gasteiger partial charge in [-0.05, 0) is 43.9 Å². The maximum Gasteiger partial charge on any atom is 0.308 e. The van der Waals surface area contributed by atoms with E-state index in [1.165, 1.54) is 12.5 Å². The molecule has 2 aromatic rings. The van der Waals surface area contributed by atoms with Crippen molar-refractivity contribution in [2.24, 2.45) is 0 Å². The van der Waals surface area contributed by atoms with Gasteiger partial charge in [-0.15, -0.1) is 11.6 Å². The highest BCUT2D eigenvalue weighted by Crippen LogP contribution is 2.34. The van der Waals surface area contributed by atoms with E-state index < -0.39 is 0 Å². The zero-order chi connectivity index (χ0) is 16.3. The Morgan fingerprint density at radius 1 is 1.32 bits per heavy atom. The number of pyridine rings is 1. The number of hydrogen-bond acceptors (Lipinski definition) is 3. The number of aryl methyl sites for hydroxylation is 2. The van der Waals surface area contributed by atoms with Crippen molar-refractivity contribution < 1.29 is 9.53 Å². The molecule has 0 spiro atoms. The van der Waals surface area contributed by atoms with E-state index in [4.69, 9.17) is 16.3 Å². The van der Waals surface area contributed by atoms with Crippen molar-refractivity contribution in [3.63, 3.8) is 0 Å². The van der Waals surface area contributed by atoms with Gasteiger partial charge in [-0.2, -0.15) is 0 Å². The summed E-state index contributed by atoms with van der Waals surface area (Å²) in [7, 11) is 0. The first-order valence-corrected chi connectivity index (χ1v) is 8.18. The maximum absolute atomic E-state index is 11.5. The molecule has 3 nitrogen and oxygen atoms in total. The van der Waals surface area contributed by atoms with Crippen molar-refractivity contribution >= 4 is 28.5 Å². The standard InChI is InChI=1S/C18H22ClNO2/c1-5-6-7-14-8-15(10-19)17-16(9-14)18(22-13(4)21)11(2)12(3)20-17/h8-9H,5-7,10H2,1-4H3. The number of benzene rings is 1. The first kappa shape index (κ1) is 16.8. The third kappa shape index (κ3) is 3.41. The van der Waals surface area contributed by atoms with Crippen molar-refractivity contribution in [3.05, 3.63) is 34.5 Å². The van der Waals surface area contributed by atoms with Gasteiger partial charge in [-0.3, -0.25) is 9.78 Å². The largest absolute Gasteiger partial charge is 0.426 e. The van der Waals surface area contributed by atoms with E-state index in [9.17, 15) is 4.79 Å². The number of rotatable bonds is 5. The van der Waals surface area contributed by atoms with Crippen LogP contribution in [0.4, 0.5) is 0 Å². The van der Waals surface area contributed by atoms with Gasteiger partial charge in [0.25, 0.3) is 0 Å². The number of fused-ring (bicyclic) bond motifs is 1. The highest BCUT2D eigenvalue weighted by molar-refractivity contribution is 6.18. The molecule has 4 heteroatoms. The van der Waals surface area contributed by atoms with Gasteiger partial charge >= 0.3 is 5.97 Å². The van der Waals surface area contributed by atoms with Crippen LogP contribution in [0.1, 0.15) is 49.1 Å². The molecular formula is C18H22ClNO2. The number of carbonyl (C=O) groups excluding carboxylic acids is 1. The molecule has 22 heavy (non-hydrogen) atoms. The number of unbranched alkanes of at least 4 members (excludes halogenated alkanes) is 1. The van der Waals surface area contributed by atoms with E-state index in [0.29, 0.717) is 11.6 Å². The van der Waals surface area contributed by atoms with E-state index in [0.717, 1.165) is 47.0 Å². The zero-order valence-corrected chi connectivity index (χ0v) is 14.4. The average Bonchev–Trinajstić information content (AvgIpc) is 2.49. The number of halogens is 1. The summed E-state index contributed by atoms with van der Waals surface area (Å²) in [5.74, 6) is 0.687. The van der Waals surface area contributed by atoms with Gasteiger partial charge in [0.15, 0.2) is 0 Å². The summed E-state index contributed by atoms with van der Waals surface area (Å²) < 4.78 is 5.48. The van der Waals surface area contributed by atoms with E-state index in [-0.39, 0.29) is 5.97 Å². The summed E-state index contributed by atoms with van der Waals surface area (Å²) in [5.41, 5.74) is 4.78. The van der Waals surface area contributed by atoms with Crippen molar-refractivity contribution in [3.8, 4) is 5.75 Å². The SMILES string of the molecule is CCCCc1cc(CCl)c2nc(C)c(C)c(OC(C)=O)c2c1. The third-order valence-electron chi connectivity index (χ3n) is 3.86. The molecule has 0 saturated heterocycles. The molecule has 0 amide bonds. The van der Waals surface area contributed by atoms with Gasteiger partial charge in [0.1, 0.15) is 5.75 Å². The molecule has 0 atom stereocenters. The third-order valence-corrected chi connectivity index (χ3v) is 4.15. The first-order chi connectivity index (χ1) is 10.5. The van der Waals surface area contributed by atoms with E-state index in [1.807, 2.05) is 13.8 Å². The summed E-state index contributed by atoms with van der Waals surface area (Å²) in [6, 6.07) is 4.20. The number of aromatic nitrogens is 1. The summed E-state index contributed by atoms with van der Waals surface area (Å²) in [4.78, 5) is 16.1. The monoisotopic (exact) mass is 319 g/mol. The van der Waals surface area contributed by atoms with Gasteiger partial charge in [-0.25, -0.2) is 0 Å². The Hall–Kier alpha value is -1.61. The van der Waals surface area contributed by atoms with Gasteiger partial charge in [0.2, 0.25) is 0 Å². The quantitative estimate of drug-likeness (QED) is 0.583. The molecule has 1 heterocycles. The first-order valence-electron chi connectivity index (χ1n) is 7.65. The van der Waals surface area contributed by atoms with Gasteiger partial charge in [0, 0.05) is 29.4 Å². The maximum atomic E-state index is 11.5. The van der Waals surface area contributed by atoms with Crippen LogP contribution in [0.15, 0.2) is 12.1 Å². The predicted octanol–water partition coefficient (Wildman–Crippen LogP) is 4.86. The Morgan fingerprint density at radius 3 is 2.64 bits per heavy atom. The molecule has 0 aliphatic heterocycles. The molecule has 0 unspecified atom stereocenters. The fraction of sp³-hybridized carbons (Fsp3) is 0.444. The minimum Gasteiger partial charge on any atom is -0.426 e. The van der Waals surface area contributed by atoms with Crippen LogP contribution >= 0.6 is 11.6 Å². The van der Waals surface area contributed by atoms with Crippen LogP contribution in [0.25, 0.3) is 10.9 Å². The number of alkyl halides is 1. The molecular weight excluding hydrogens is 298 g/mol. The molecule has 0 aliphatic rings. The Morgan fingerprint density at radius 2 is 2.05 bits per heavy atom. The molecule has 0 bridgehead atoms. The number of esters is 1. The molecule has 0 saturated carbocycles. The molecule has 1 aromatic heterocycles. The molecule has 118 valence electrons. The second-order valence-electron chi connectivity index (χ2n) is 5.63. The van der Waals surface area contributed by atoms with E-state index in [1.54, 1.807) is 0 Å². The fourth-order valence-corrected chi connectivity index (χ4v) is 2.79. The Balaban J connectivity index is 2.72. The van der Waals surface area contributed by atoms with Crippen LogP contribution in [0, 0.1) is 13.8 Å². The van der Waals surface area contributed by atoms with Crippen LogP contribution in [0.5, 0.6) is 5.75 Å². The van der Waals surface area contributed by atoms with Crippen LogP contribution in [-0.2, 0) is 17.1 Å². The van der Waals surface area contributed by atoms with Crippen molar-refractivity contribution in [2.45, 2.75) is 52.8 Å². The summed E-state index contributed by atoms with van der Waals surface area (Å²) in [6.45, 7) is 7.44. The second-order valence-corrected chi connectivity index (χ2v) is 5.90. The van der Waals surface area contributed by atoms with Gasteiger partial charge in [0.05, 0.1) is 5.52 Å². The van der Waals surface area contributed by atoms with Crippen molar-refractivity contribution in [1.29, 1.82) is 0 Å². The second kappa shape index (κ2) is 7.10. The minimum absolute atomic E-state index is 0.318. The lowest BCUT2D eigenvalue weighted by Gasteiger charge is -2.15. The lowest BCUT2D eigenvalue weighted by Crippen LogP contribution is -2.06. The molecule has 0 fully saturated rings. The molecule has 2 rings (SSSR count).